The fourth-order valence-corrected chi connectivity index (χ4v) is 1.14. The Labute approximate surface area is 65.8 Å². The van der Waals surface area contributed by atoms with Gasteiger partial charge in [0.2, 0.25) is 5.91 Å². The molecule has 0 aromatic heterocycles. The molecule has 11 heavy (non-hydrogen) atoms. The molecule has 64 valence electrons. The smallest absolute Gasteiger partial charge is 0.219 e. The topological polar surface area (TPSA) is 49.8 Å². The van der Waals surface area contributed by atoms with Gasteiger partial charge >= 0.3 is 0 Å². The third-order valence-corrected chi connectivity index (χ3v) is 2.02. The van der Waals surface area contributed by atoms with Gasteiger partial charge in [-0.25, -0.2) is 0 Å². The van der Waals surface area contributed by atoms with Crippen LogP contribution < -0.4 is 0 Å². The van der Waals surface area contributed by atoms with E-state index in [-0.39, 0.29) is 11.9 Å². The van der Waals surface area contributed by atoms with Gasteiger partial charge in [0.25, 0.3) is 0 Å². The zero-order valence-corrected chi connectivity index (χ0v) is 6.78. The lowest BCUT2D eigenvalue weighted by Crippen LogP contribution is -2.42. The summed E-state index contributed by atoms with van der Waals surface area (Å²) in [6.45, 7) is 2.25. The van der Waals surface area contributed by atoms with Crippen molar-refractivity contribution in [3.63, 3.8) is 0 Å². The van der Waals surface area contributed by atoms with Crippen LogP contribution in [0.3, 0.4) is 0 Å². The van der Waals surface area contributed by atoms with Gasteiger partial charge in [0.15, 0.2) is 0 Å². The molecule has 1 aliphatic rings. The Morgan fingerprint density at radius 2 is 2.27 bits per heavy atom. The second kappa shape index (κ2) is 3.19. The Balaban J connectivity index is 2.52. The summed E-state index contributed by atoms with van der Waals surface area (Å²) in [6.07, 6.45) is -0.524. The number of ether oxygens (including phenoxy) is 1. The van der Waals surface area contributed by atoms with E-state index in [1.165, 1.54) is 11.8 Å². The minimum atomic E-state index is -0.524. The van der Waals surface area contributed by atoms with Crippen molar-refractivity contribution in [1.82, 2.24) is 4.90 Å². The molecule has 0 aliphatic carbocycles. The van der Waals surface area contributed by atoms with Crippen LogP contribution in [0, 0.1) is 0 Å². The van der Waals surface area contributed by atoms with E-state index in [1.54, 1.807) is 7.05 Å². The highest BCUT2D eigenvalue weighted by Gasteiger charge is 2.30. The Hall–Kier alpha value is -0.610. The maximum absolute atomic E-state index is 10.8. The maximum Gasteiger partial charge on any atom is 0.219 e. The summed E-state index contributed by atoms with van der Waals surface area (Å²) < 4.78 is 5.00. The number of carbonyl (C=O) groups is 1. The average molecular weight is 159 g/mol. The van der Waals surface area contributed by atoms with Crippen molar-refractivity contribution in [3.05, 3.63) is 0 Å². The number of aliphatic hydroxyl groups is 1. The molecule has 1 N–H and O–H groups in total. The SMILES string of the molecule is CC(=O)N(C)C1COCC1O. The quantitative estimate of drug-likeness (QED) is 0.546. The van der Waals surface area contributed by atoms with Crippen LogP contribution >= 0.6 is 0 Å². The van der Waals surface area contributed by atoms with Crippen LogP contribution in [0.15, 0.2) is 0 Å². The van der Waals surface area contributed by atoms with Crippen molar-refractivity contribution < 1.29 is 14.6 Å². The molecular formula is C7H13NO3. The van der Waals surface area contributed by atoms with Gasteiger partial charge in [-0.3, -0.25) is 4.79 Å². The number of nitrogens with zero attached hydrogens (tertiary/aromatic N) is 1. The van der Waals surface area contributed by atoms with Crippen LogP contribution in [0.4, 0.5) is 0 Å². The maximum atomic E-state index is 10.8. The molecule has 0 aromatic rings. The highest BCUT2D eigenvalue weighted by molar-refractivity contribution is 5.73. The number of aliphatic hydroxyl groups excluding tert-OH is 1. The molecule has 2 unspecified atom stereocenters. The van der Waals surface area contributed by atoms with Gasteiger partial charge in [-0.15, -0.1) is 0 Å². The van der Waals surface area contributed by atoms with E-state index in [0.29, 0.717) is 13.2 Å². The molecule has 0 aromatic carbocycles. The second-order valence-corrected chi connectivity index (χ2v) is 2.80. The molecule has 1 heterocycles. The number of carbonyl (C=O) groups excluding carboxylic acids is 1. The summed E-state index contributed by atoms with van der Waals surface area (Å²) in [7, 11) is 1.67. The van der Waals surface area contributed by atoms with Gasteiger partial charge in [0.05, 0.1) is 25.4 Å². The van der Waals surface area contributed by atoms with Gasteiger partial charge in [0, 0.05) is 14.0 Å². The lowest BCUT2D eigenvalue weighted by atomic mass is 10.2. The van der Waals surface area contributed by atoms with Crippen molar-refractivity contribution in [2.45, 2.75) is 19.1 Å². The van der Waals surface area contributed by atoms with Gasteiger partial charge in [-0.2, -0.15) is 0 Å². The summed E-state index contributed by atoms with van der Waals surface area (Å²) in [6, 6.07) is -0.160. The first kappa shape index (κ1) is 8.49. The Kier molecular flexibility index (Phi) is 2.46. The van der Waals surface area contributed by atoms with Crippen LogP contribution in [-0.2, 0) is 9.53 Å². The molecule has 4 heteroatoms. The third kappa shape index (κ3) is 1.70. The third-order valence-electron chi connectivity index (χ3n) is 2.02. The number of likely N-dealkylation sites (N-methyl/N-ethyl adjacent to an activating group) is 1. The predicted molar refractivity (Wildman–Crippen MR) is 39.1 cm³/mol. The Morgan fingerprint density at radius 3 is 2.64 bits per heavy atom. The molecule has 0 radical (unpaired) electrons. The van der Waals surface area contributed by atoms with Crippen LogP contribution in [0.2, 0.25) is 0 Å². The first-order chi connectivity index (χ1) is 5.13. The molecule has 1 aliphatic heterocycles. The first-order valence-corrected chi connectivity index (χ1v) is 3.62. The fraction of sp³-hybridized carbons (Fsp3) is 0.857. The minimum absolute atomic E-state index is 0.0421. The summed E-state index contributed by atoms with van der Waals surface area (Å²) in [5, 5.41) is 9.29. The van der Waals surface area contributed by atoms with E-state index in [1.807, 2.05) is 0 Å². The Morgan fingerprint density at radius 1 is 1.64 bits per heavy atom. The highest BCUT2D eigenvalue weighted by atomic mass is 16.5. The number of hydrogen-bond donors (Lipinski definition) is 1. The van der Waals surface area contributed by atoms with E-state index in [2.05, 4.69) is 0 Å². The lowest BCUT2D eigenvalue weighted by Gasteiger charge is -2.23. The zero-order valence-electron chi connectivity index (χ0n) is 6.78. The molecular weight excluding hydrogens is 146 g/mol. The normalized spacial score (nSPS) is 30.5. The number of hydrogen-bond acceptors (Lipinski definition) is 3. The molecule has 1 amide bonds. The van der Waals surface area contributed by atoms with Gasteiger partial charge in [0.1, 0.15) is 0 Å². The second-order valence-electron chi connectivity index (χ2n) is 2.80. The summed E-state index contributed by atoms with van der Waals surface area (Å²) >= 11 is 0. The monoisotopic (exact) mass is 159 g/mol. The molecule has 0 spiro atoms. The average Bonchev–Trinajstić information content (AvgIpc) is 2.33. The standard InChI is InChI=1S/C7H13NO3/c1-5(9)8(2)6-3-11-4-7(6)10/h6-7,10H,3-4H2,1-2H3. The lowest BCUT2D eigenvalue weighted by molar-refractivity contribution is -0.131. The van der Waals surface area contributed by atoms with Gasteiger partial charge < -0.3 is 14.7 Å². The van der Waals surface area contributed by atoms with E-state index in [4.69, 9.17) is 4.74 Å². The molecule has 2 atom stereocenters. The van der Waals surface area contributed by atoms with E-state index in [9.17, 15) is 9.90 Å². The summed E-state index contributed by atoms with van der Waals surface area (Å²) in [5.74, 6) is -0.0421. The highest BCUT2D eigenvalue weighted by Crippen LogP contribution is 2.11. The fourth-order valence-electron chi connectivity index (χ4n) is 1.14. The van der Waals surface area contributed by atoms with Crippen LogP contribution in [0.5, 0.6) is 0 Å². The van der Waals surface area contributed by atoms with Crippen LogP contribution in [0.25, 0.3) is 0 Å². The van der Waals surface area contributed by atoms with E-state index < -0.39 is 6.10 Å². The van der Waals surface area contributed by atoms with Gasteiger partial charge in [-0.05, 0) is 0 Å². The summed E-state index contributed by atoms with van der Waals surface area (Å²) in [5.41, 5.74) is 0. The van der Waals surface area contributed by atoms with Crippen molar-refractivity contribution in [2.75, 3.05) is 20.3 Å². The van der Waals surface area contributed by atoms with E-state index in [0.717, 1.165) is 0 Å². The Bertz CT molecular complexity index is 160. The molecule has 0 bridgehead atoms. The largest absolute Gasteiger partial charge is 0.388 e. The molecule has 4 nitrogen and oxygen atoms in total. The van der Waals surface area contributed by atoms with Crippen LogP contribution in [0.1, 0.15) is 6.92 Å². The van der Waals surface area contributed by atoms with Gasteiger partial charge in [-0.1, -0.05) is 0 Å². The predicted octanol–water partition coefficient (Wildman–Crippen LogP) is -0.776. The molecule has 1 rings (SSSR count). The van der Waals surface area contributed by atoms with Crippen molar-refractivity contribution in [2.24, 2.45) is 0 Å². The minimum Gasteiger partial charge on any atom is -0.388 e. The number of rotatable bonds is 1. The van der Waals surface area contributed by atoms with E-state index >= 15 is 0 Å². The zero-order chi connectivity index (χ0) is 8.43. The molecule has 1 fully saturated rings. The van der Waals surface area contributed by atoms with Crippen molar-refractivity contribution in [3.8, 4) is 0 Å². The van der Waals surface area contributed by atoms with Crippen molar-refractivity contribution in [1.29, 1.82) is 0 Å². The first-order valence-electron chi connectivity index (χ1n) is 3.62. The van der Waals surface area contributed by atoms with Crippen LogP contribution in [-0.4, -0.2) is 48.3 Å². The number of amides is 1. The molecule has 0 saturated carbocycles. The van der Waals surface area contributed by atoms with Crippen molar-refractivity contribution >= 4 is 5.91 Å². The summed E-state index contributed by atoms with van der Waals surface area (Å²) in [4.78, 5) is 12.3. The molecule has 1 saturated heterocycles.